The highest BCUT2D eigenvalue weighted by Crippen LogP contribution is 2.43. The second-order valence-corrected chi connectivity index (χ2v) is 9.70. The lowest BCUT2D eigenvalue weighted by Crippen LogP contribution is -2.47. The van der Waals surface area contributed by atoms with Gasteiger partial charge in [-0.05, 0) is 62.1 Å². The molecule has 3 fully saturated rings. The third-order valence-corrected chi connectivity index (χ3v) is 7.46. The Morgan fingerprint density at radius 1 is 1.33 bits per heavy atom. The van der Waals surface area contributed by atoms with Gasteiger partial charge in [0.15, 0.2) is 0 Å². The van der Waals surface area contributed by atoms with Crippen LogP contribution in [0.5, 0.6) is 5.75 Å². The van der Waals surface area contributed by atoms with Gasteiger partial charge in [0.25, 0.3) is 0 Å². The molecule has 0 unspecified atom stereocenters. The lowest BCUT2D eigenvalue weighted by Gasteiger charge is -2.24. The fraction of sp³-hybridized carbons (Fsp3) is 0.560. The van der Waals surface area contributed by atoms with Gasteiger partial charge in [-0.1, -0.05) is 6.07 Å². The number of benzene rings is 1. The standard InChI is InChI=1S/C25H31N5O3/c1-33-23-4-2-3-21-20(23)11-19(28-21)14-30-13-17(15-5-6-15)10-22(30)25(32)29-18(12-26)9-16-7-8-27-24(16)31/h2-4,11,15-18,22,28H,5-10,13-14H2,1H3,(H,27,31)(H,29,32)/t16-,17+,18-,22-/m0/s1. The Hall–Kier alpha value is -3.05. The minimum atomic E-state index is -0.648. The van der Waals surface area contributed by atoms with Crippen LogP contribution in [-0.4, -0.2) is 54.0 Å². The number of hydrogen-bond acceptors (Lipinski definition) is 5. The molecule has 8 nitrogen and oxygen atoms in total. The Morgan fingerprint density at radius 2 is 2.18 bits per heavy atom. The number of carbonyl (C=O) groups is 2. The lowest BCUT2D eigenvalue weighted by atomic mass is 9.97. The van der Waals surface area contributed by atoms with Crippen LogP contribution in [0, 0.1) is 29.1 Å². The number of amides is 2. The monoisotopic (exact) mass is 449 g/mol. The molecule has 1 aromatic heterocycles. The number of nitriles is 1. The van der Waals surface area contributed by atoms with Gasteiger partial charge in [-0.25, -0.2) is 0 Å². The molecule has 0 bridgehead atoms. The quantitative estimate of drug-likeness (QED) is 0.573. The van der Waals surface area contributed by atoms with Crippen LogP contribution in [0.15, 0.2) is 24.3 Å². The summed E-state index contributed by atoms with van der Waals surface area (Å²) in [5.74, 6) is 1.74. The summed E-state index contributed by atoms with van der Waals surface area (Å²) in [4.78, 5) is 30.9. The number of H-pyrrole nitrogens is 1. The van der Waals surface area contributed by atoms with E-state index in [0.29, 0.717) is 31.3 Å². The van der Waals surface area contributed by atoms with Gasteiger partial charge in [-0.3, -0.25) is 14.5 Å². The van der Waals surface area contributed by atoms with Crippen molar-refractivity contribution >= 4 is 22.7 Å². The SMILES string of the molecule is COc1cccc2[nH]c(CN3C[C@H](C4CC4)C[C@H]3C(=O)N[C@H](C#N)C[C@@H]3CCNC3=O)cc12. The second kappa shape index (κ2) is 9.06. The molecule has 3 N–H and O–H groups in total. The number of aromatic nitrogens is 1. The van der Waals surface area contributed by atoms with E-state index in [-0.39, 0.29) is 23.8 Å². The summed E-state index contributed by atoms with van der Waals surface area (Å²) >= 11 is 0. The van der Waals surface area contributed by atoms with Crippen LogP contribution in [0.4, 0.5) is 0 Å². The highest BCUT2D eigenvalue weighted by atomic mass is 16.5. The first-order valence-electron chi connectivity index (χ1n) is 11.9. The first-order valence-corrected chi connectivity index (χ1v) is 11.9. The van der Waals surface area contributed by atoms with Crippen LogP contribution in [0.3, 0.4) is 0 Å². The first kappa shape index (κ1) is 21.8. The average Bonchev–Trinajstić information content (AvgIpc) is 3.25. The fourth-order valence-electron chi connectivity index (χ4n) is 5.53. The molecule has 2 amide bonds. The van der Waals surface area contributed by atoms with Crippen LogP contribution < -0.4 is 15.4 Å². The summed E-state index contributed by atoms with van der Waals surface area (Å²) in [6.45, 7) is 2.17. The molecule has 8 heteroatoms. The number of carbonyl (C=O) groups excluding carboxylic acids is 2. The van der Waals surface area contributed by atoms with E-state index in [1.165, 1.54) is 12.8 Å². The van der Waals surface area contributed by atoms with Gasteiger partial charge in [0.2, 0.25) is 11.8 Å². The average molecular weight is 450 g/mol. The molecule has 3 heterocycles. The molecule has 1 saturated carbocycles. The molecule has 4 atom stereocenters. The molecule has 1 aromatic carbocycles. The summed E-state index contributed by atoms with van der Waals surface area (Å²) in [6, 6.07) is 9.32. The second-order valence-electron chi connectivity index (χ2n) is 9.70. The van der Waals surface area contributed by atoms with E-state index in [1.807, 2.05) is 18.2 Å². The Balaban J connectivity index is 1.30. The maximum absolute atomic E-state index is 13.3. The van der Waals surface area contributed by atoms with Crippen LogP contribution in [0.1, 0.15) is 37.8 Å². The molecule has 2 aliphatic heterocycles. The summed E-state index contributed by atoms with van der Waals surface area (Å²) in [7, 11) is 1.67. The molecule has 5 rings (SSSR count). The van der Waals surface area contributed by atoms with Crippen molar-refractivity contribution < 1.29 is 14.3 Å². The van der Waals surface area contributed by atoms with Crippen molar-refractivity contribution in [2.45, 2.75) is 50.7 Å². The van der Waals surface area contributed by atoms with E-state index in [2.05, 4.69) is 32.7 Å². The third kappa shape index (κ3) is 4.55. The van der Waals surface area contributed by atoms with Crippen molar-refractivity contribution in [2.75, 3.05) is 20.2 Å². The summed E-state index contributed by atoms with van der Waals surface area (Å²) in [5.41, 5.74) is 2.06. The number of fused-ring (bicyclic) bond motifs is 1. The van der Waals surface area contributed by atoms with Crippen molar-refractivity contribution in [3.63, 3.8) is 0 Å². The van der Waals surface area contributed by atoms with E-state index in [1.54, 1.807) is 7.11 Å². The van der Waals surface area contributed by atoms with Gasteiger partial charge in [0.05, 0.1) is 19.2 Å². The number of hydrogen-bond donors (Lipinski definition) is 3. The van der Waals surface area contributed by atoms with Crippen LogP contribution in [-0.2, 0) is 16.1 Å². The summed E-state index contributed by atoms with van der Waals surface area (Å²) in [6.07, 6.45) is 4.40. The zero-order valence-electron chi connectivity index (χ0n) is 19.0. The zero-order valence-corrected chi connectivity index (χ0v) is 19.0. The molecule has 3 aliphatic rings. The largest absolute Gasteiger partial charge is 0.496 e. The van der Waals surface area contributed by atoms with E-state index in [9.17, 15) is 14.9 Å². The maximum Gasteiger partial charge on any atom is 0.238 e. The first-order chi connectivity index (χ1) is 16.1. The van der Waals surface area contributed by atoms with Gasteiger partial charge in [0.1, 0.15) is 11.8 Å². The molecule has 0 radical (unpaired) electrons. The minimum absolute atomic E-state index is 0.0185. The molecule has 33 heavy (non-hydrogen) atoms. The topological polar surface area (TPSA) is 110 Å². The Morgan fingerprint density at radius 3 is 2.88 bits per heavy atom. The van der Waals surface area contributed by atoms with Crippen LogP contribution in [0.25, 0.3) is 10.9 Å². The highest BCUT2D eigenvalue weighted by Gasteiger charge is 2.44. The van der Waals surface area contributed by atoms with Crippen LogP contribution in [0.2, 0.25) is 0 Å². The number of rotatable bonds is 8. The van der Waals surface area contributed by atoms with E-state index in [0.717, 1.165) is 41.7 Å². The van der Waals surface area contributed by atoms with Gasteiger partial charge in [-0.2, -0.15) is 5.26 Å². The smallest absolute Gasteiger partial charge is 0.238 e. The third-order valence-electron chi connectivity index (χ3n) is 7.46. The maximum atomic E-state index is 13.3. The predicted octanol–water partition coefficient (Wildman–Crippen LogP) is 2.31. The molecule has 174 valence electrons. The number of nitrogens with zero attached hydrogens (tertiary/aromatic N) is 2. The number of ether oxygens (including phenoxy) is 1. The van der Waals surface area contributed by atoms with Gasteiger partial charge in [0, 0.05) is 42.1 Å². The number of likely N-dealkylation sites (tertiary alicyclic amines) is 1. The molecule has 2 saturated heterocycles. The van der Waals surface area contributed by atoms with E-state index >= 15 is 0 Å². The minimum Gasteiger partial charge on any atom is -0.496 e. The highest BCUT2D eigenvalue weighted by molar-refractivity contribution is 5.87. The van der Waals surface area contributed by atoms with E-state index in [4.69, 9.17) is 4.74 Å². The lowest BCUT2D eigenvalue weighted by molar-refractivity contribution is -0.127. The number of nitrogens with one attached hydrogen (secondary N) is 3. The van der Waals surface area contributed by atoms with Crippen molar-refractivity contribution in [3.05, 3.63) is 30.0 Å². The van der Waals surface area contributed by atoms with Crippen molar-refractivity contribution in [3.8, 4) is 11.8 Å². The fourth-order valence-corrected chi connectivity index (χ4v) is 5.53. The Kier molecular flexibility index (Phi) is 5.98. The van der Waals surface area contributed by atoms with Crippen molar-refractivity contribution in [1.82, 2.24) is 20.5 Å². The molecular weight excluding hydrogens is 418 g/mol. The molecule has 1 aliphatic carbocycles. The molecule has 0 spiro atoms. The van der Waals surface area contributed by atoms with Gasteiger partial charge in [-0.15, -0.1) is 0 Å². The van der Waals surface area contributed by atoms with Crippen molar-refractivity contribution in [2.24, 2.45) is 17.8 Å². The molecular formula is C25H31N5O3. The van der Waals surface area contributed by atoms with Crippen LogP contribution >= 0.6 is 0 Å². The number of methoxy groups -OCH3 is 1. The van der Waals surface area contributed by atoms with Gasteiger partial charge < -0.3 is 20.4 Å². The Bertz CT molecular complexity index is 1090. The zero-order chi connectivity index (χ0) is 22.9. The number of aromatic amines is 1. The predicted molar refractivity (Wildman–Crippen MR) is 123 cm³/mol. The normalized spacial score (nSPS) is 26.2. The Labute approximate surface area is 193 Å². The summed E-state index contributed by atoms with van der Waals surface area (Å²) in [5, 5.41) is 16.4. The van der Waals surface area contributed by atoms with E-state index < -0.39 is 6.04 Å². The summed E-state index contributed by atoms with van der Waals surface area (Å²) < 4.78 is 5.49. The van der Waals surface area contributed by atoms with Gasteiger partial charge >= 0.3 is 0 Å². The van der Waals surface area contributed by atoms with Crippen molar-refractivity contribution in [1.29, 1.82) is 5.26 Å². The molecule has 2 aromatic rings.